The van der Waals surface area contributed by atoms with Crippen LogP contribution in [0.2, 0.25) is 0 Å². The molecule has 0 unspecified atom stereocenters. The van der Waals surface area contributed by atoms with E-state index >= 15 is 0 Å². The topological polar surface area (TPSA) is 75.0 Å². The molecule has 3 rings (SSSR count). The summed E-state index contributed by atoms with van der Waals surface area (Å²) in [7, 11) is 1.66. The predicted octanol–water partition coefficient (Wildman–Crippen LogP) is 1.68. The van der Waals surface area contributed by atoms with Gasteiger partial charge >= 0.3 is 0 Å². The zero-order valence-corrected chi connectivity index (χ0v) is 15.0. The average molecular weight is 357 g/mol. The maximum atomic E-state index is 12.4. The van der Waals surface area contributed by atoms with Crippen LogP contribution in [-0.4, -0.2) is 56.5 Å². The Morgan fingerprint density at radius 3 is 2.54 bits per heavy atom. The first-order valence-corrected chi connectivity index (χ1v) is 8.58. The highest BCUT2D eigenvalue weighted by Gasteiger charge is 2.23. The van der Waals surface area contributed by atoms with Crippen LogP contribution >= 0.6 is 0 Å². The number of nitrogens with one attached hydrogen (secondary N) is 1. The lowest BCUT2D eigenvalue weighted by Gasteiger charge is -2.36. The van der Waals surface area contributed by atoms with Gasteiger partial charge in [-0.25, -0.2) is 0 Å². The highest BCUT2D eigenvalue weighted by atomic mass is 16.5. The molecule has 26 heavy (non-hydrogen) atoms. The minimum absolute atomic E-state index is 0.0158. The molecule has 0 radical (unpaired) electrons. The number of hydrogen-bond donors (Lipinski definition) is 1. The second kappa shape index (κ2) is 7.95. The first-order chi connectivity index (χ1) is 12.6. The number of carbonyl (C=O) groups is 2. The van der Waals surface area contributed by atoms with Gasteiger partial charge in [-0.1, -0.05) is 12.1 Å². The number of nitrogens with zero attached hydrogens (tertiary/aromatic N) is 2. The molecular weight excluding hydrogens is 334 g/mol. The molecule has 7 heteroatoms. The third-order valence-electron chi connectivity index (χ3n) is 4.56. The lowest BCUT2D eigenvalue weighted by Crippen LogP contribution is -2.51. The van der Waals surface area contributed by atoms with Crippen molar-refractivity contribution in [3.63, 3.8) is 0 Å². The lowest BCUT2D eigenvalue weighted by atomic mass is 10.2. The molecule has 2 amide bonds. The van der Waals surface area contributed by atoms with Gasteiger partial charge in [0.2, 0.25) is 5.91 Å². The van der Waals surface area contributed by atoms with Crippen LogP contribution in [0.4, 0.5) is 5.69 Å². The molecule has 1 saturated heterocycles. The average Bonchev–Trinajstić information content (AvgIpc) is 3.12. The minimum atomic E-state index is -0.294. The van der Waals surface area contributed by atoms with E-state index in [4.69, 9.17) is 9.15 Å². The molecular formula is C19H23N3O4. The molecule has 1 fully saturated rings. The molecule has 0 atom stereocenters. The Kier molecular flexibility index (Phi) is 5.46. The number of para-hydroxylation sites is 2. The van der Waals surface area contributed by atoms with E-state index in [0.717, 1.165) is 24.5 Å². The molecule has 0 saturated carbocycles. The number of methoxy groups -OCH3 is 1. The maximum Gasteiger partial charge on any atom is 0.255 e. The second-order valence-corrected chi connectivity index (χ2v) is 6.11. The largest absolute Gasteiger partial charge is 0.495 e. The Morgan fingerprint density at radius 1 is 1.15 bits per heavy atom. The monoisotopic (exact) mass is 357 g/mol. The van der Waals surface area contributed by atoms with E-state index in [9.17, 15) is 9.59 Å². The fraction of sp³-hybridized carbons (Fsp3) is 0.368. The molecule has 0 bridgehead atoms. The molecule has 0 aliphatic carbocycles. The molecule has 1 aromatic heterocycles. The molecule has 1 aliphatic rings. The number of piperazine rings is 1. The van der Waals surface area contributed by atoms with Crippen LogP contribution in [0.15, 0.2) is 41.0 Å². The Bertz CT molecular complexity index is 779. The van der Waals surface area contributed by atoms with E-state index in [0.29, 0.717) is 24.4 Å². The van der Waals surface area contributed by atoms with E-state index in [2.05, 4.69) is 10.2 Å². The van der Waals surface area contributed by atoms with Crippen LogP contribution in [0.1, 0.15) is 16.1 Å². The smallest absolute Gasteiger partial charge is 0.255 e. The van der Waals surface area contributed by atoms with Crippen molar-refractivity contribution in [3.8, 4) is 5.75 Å². The van der Waals surface area contributed by atoms with Gasteiger partial charge in [0.25, 0.3) is 5.91 Å². The fourth-order valence-electron chi connectivity index (χ4n) is 3.07. The Balaban J connectivity index is 1.51. The van der Waals surface area contributed by atoms with Crippen molar-refractivity contribution in [2.45, 2.75) is 6.92 Å². The van der Waals surface area contributed by atoms with Gasteiger partial charge < -0.3 is 24.3 Å². The first kappa shape index (κ1) is 17.8. The molecule has 1 aromatic carbocycles. The number of carbonyl (C=O) groups excluding carboxylic acids is 2. The Labute approximate surface area is 152 Å². The number of amides is 2. The van der Waals surface area contributed by atoms with Crippen LogP contribution in [0.25, 0.3) is 0 Å². The van der Waals surface area contributed by atoms with Crippen LogP contribution in [-0.2, 0) is 4.79 Å². The maximum absolute atomic E-state index is 12.4. The van der Waals surface area contributed by atoms with Crippen molar-refractivity contribution < 1.29 is 18.7 Å². The second-order valence-electron chi connectivity index (χ2n) is 6.11. The van der Waals surface area contributed by atoms with E-state index < -0.39 is 0 Å². The number of hydrogen-bond acceptors (Lipinski definition) is 5. The van der Waals surface area contributed by atoms with Crippen molar-refractivity contribution in [1.82, 2.24) is 10.2 Å². The minimum Gasteiger partial charge on any atom is -0.495 e. The van der Waals surface area contributed by atoms with E-state index in [-0.39, 0.29) is 18.4 Å². The van der Waals surface area contributed by atoms with Crippen LogP contribution in [0, 0.1) is 6.92 Å². The predicted molar refractivity (Wildman–Crippen MR) is 97.6 cm³/mol. The molecule has 1 aliphatic heterocycles. The van der Waals surface area contributed by atoms with Gasteiger partial charge in [-0.15, -0.1) is 0 Å². The molecule has 7 nitrogen and oxygen atoms in total. The van der Waals surface area contributed by atoms with Crippen LogP contribution in [0.3, 0.4) is 0 Å². The van der Waals surface area contributed by atoms with Crippen molar-refractivity contribution >= 4 is 17.5 Å². The van der Waals surface area contributed by atoms with Gasteiger partial charge in [-0.3, -0.25) is 9.59 Å². The van der Waals surface area contributed by atoms with Crippen LogP contribution < -0.4 is 15.0 Å². The number of rotatable bonds is 5. The normalized spacial score (nSPS) is 14.2. The number of benzene rings is 1. The van der Waals surface area contributed by atoms with Gasteiger partial charge in [0, 0.05) is 26.2 Å². The summed E-state index contributed by atoms with van der Waals surface area (Å²) in [6, 6.07) is 9.46. The van der Waals surface area contributed by atoms with Crippen molar-refractivity contribution in [1.29, 1.82) is 0 Å². The molecule has 1 N–H and O–H groups in total. The molecule has 0 spiro atoms. The Hall–Kier alpha value is -2.96. The highest BCUT2D eigenvalue weighted by molar-refractivity contribution is 5.97. The van der Waals surface area contributed by atoms with Gasteiger partial charge in [0.1, 0.15) is 11.5 Å². The standard InChI is InChI=1S/C19H23N3O4/c1-14-15(7-12-26-14)19(24)20-13-18(23)22-10-8-21(9-11-22)16-5-3-4-6-17(16)25-2/h3-7,12H,8-11,13H2,1-2H3,(H,20,24). The third-order valence-corrected chi connectivity index (χ3v) is 4.56. The fourth-order valence-corrected chi connectivity index (χ4v) is 3.07. The molecule has 138 valence electrons. The summed E-state index contributed by atoms with van der Waals surface area (Å²) in [5.41, 5.74) is 1.49. The highest BCUT2D eigenvalue weighted by Crippen LogP contribution is 2.28. The summed E-state index contributed by atoms with van der Waals surface area (Å²) < 4.78 is 10.5. The SMILES string of the molecule is COc1ccccc1N1CCN(C(=O)CNC(=O)c2ccoc2C)CC1. The number of furan rings is 1. The van der Waals surface area contributed by atoms with Gasteiger partial charge in [-0.2, -0.15) is 0 Å². The van der Waals surface area contributed by atoms with Gasteiger partial charge in [-0.05, 0) is 25.1 Å². The van der Waals surface area contributed by atoms with Gasteiger partial charge in [0.05, 0.1) is 31.2 Å². The molecule has 2 aromatic rings. The number of ether oxygens (including phenoxy) is 1. The Morgan fingerprint density at radius 2 is 1.88 bits per heavy atom. The summed E-state index contributed by atoms with van der Waals surface area (Å²) in [4.78, 5) is 28.4. The number of anilines is 1. The summed E-state index contributed by atoms with van der Waals surface area (Å²) >= 11 is 0. The van der Waals surface area contributed by atoms with Gasteiger partial charge in [0.15, 0.2) is 0 Å². The summed E-state index contributed by atoms with van der Waals surface area (Å²) in [5.74, 6) is 0.992. The van der Waals surface area contributed by atoms with E-state index in [1.807, 2.05) is 24.3 Å². The van der Waals surface area contributed by atoms with E-state index in [1.165, 1.54) is 6.26 Å². The third kappa shape index (κ3) is 3.82. The molecule has 2 heterocycles. The summed E-state index contributed by atoms with van der Waals surface area (Å²) in [6.07, 6.45) is 1.46. The zero-order chi connectivity index (χ0) is 18.5. The number of aryl methyl sites for hydroxylation is 1. The van der Waals surface area contributed by atoms with Crippen molar-refractivity contribution in [2.75, 3.05) is 44.7 Å². The van der Waals surface area contributed by atoms with E-state index in [1.54, 1.807) is 25.0 Å². The van der Waals surface area contributed by atoms with Crippen molar-refractivity contribution in [2.24, 2.45) is 0 Å². The zero-order valence-electron chi connectivity index (χ0n) is 15.0. The first-order valence-electron chi connectivity index (χ1n) is 8.58. The quantitative estimate of drug-likeness (QED) is 0.881. The summed E-state index contributed by atoms with van der Waals surface area (Å²) in [5, 5.41) is 2.66. The summed E-state index contributed by atoms with van der Waals surface area (Å²) in [6.45, 7) is 4.36. The lowest BCUT2D eigenvalue weighted by molar-refractivity contribution is -0.130. The van der Waals surface area contributed by atoms with Crippen LogP contribution in [0.5, 0.6) is 5.75 Å². The van der Waals surface area contributed by atoms with Crippen molar-refractivity contribution in [3.05, 3.63) is 47.9 Å².